The second-order valence-electron chi connectivity index (χ2n) is 8.54. The molecule has 0 N–H and O–H groups in total. The summed E-state index contributed by atoms with van der Waals surface area (Å²) in [6.07, 6.45) is -0.422. The summed E-state index contributed by atoms with van der Waals surface area (Å²) in [5.74, 6) is -4.67. The molecule has 1 saturated heterocycles. The quantitative estimate of drug-likeness (QED) is 0.0983. The van der Waals surface area contributed by atoms with Crippen molar-refractivity contribution in [2.24, 2.45) is 0 Å². The van der Waals surface area contributed by atoms with Crippen LogP contribution < -0.4 is 4.74 Å². The summed E-state index contributed by atoms with van der Waals surface area (Å²) in [7, 11) is -4.92. The SMILES string of the molecule is COc1ccc(I(OS(=O)(=O)C(F)(F)F)c2c(F)ccc(Cc3ccc(C(=O)ON4C(=O)CCC4=O)cc3)c2F)cc1. The van der Waals surface area contributed by atoms with Gasteiger partial charge in [0.2, 0.25) is 0 Å². The van der Waals surface area contributed by atoms with Crippen LogP contribution in [0.4, 0.5) is 22.0 Å². The molecular weight excluding hydrogens is 708 g/mol. The number of hydrogen-bond donors (Lipinski definition) is 0. The maximum absolute atomic E-state index is 15.8. The number of benzene rings is 3. The monoisotopic (exact) mass is 727 g/mol. The van der Waals surface area contributed by atoms with Gasteiger partial charge in [0.05, 0.1) is 0 Å². The minimum absolute atomic E-state index is 0.0507. The number of imide groups is 1. The summed E-state index contributed by atoms with van der Waals surface area (Å²) in [6.45, 7) is 0. The van der Waals surface area contributed by atoms with Crippen molar-refractivity contribution in [1.82, 2.24) is 5.06 Å². The Morgan fingerprint density at radius 2 is 1.52 bits per heavy atom. The Bertz CT molecular complexity index is 1610. The van der Waals surface area contributed by atoms with E-state index in [1.165, 1.54) is 55.6 Å². The number of methoxy groups -OCH3 is 1. The van der Waals surface area contributed by atoms with Gasteiger partial charge in [0, 0.05) is 12.8 Å². The number of carbonyl (C=O) groups excluding carboxylic acids is 3. The molecular formula is C26H19F5INO8S. The zero-order valence-electron chi connectivity index (χ0n) is 21.3. The first-order valence-electron chi connectivity index (χ1n) is 11.7. The molecule has 0 unspecified atom stereocenters. The number of ether oxygens (including phenoxy) is 1. The topological polar surface area (TPSA) is 116 Å². The molecule has 16 heteroatoms. The predicted molar refractivity (Wildman–Crippen MR) is 143 cm³/mol. The molecule has 42 heavy (non-hydrogen) atoms. The van der Waals surface area contributed by atoms with Crippen LogP contribution >= 0.6 is 20.2 Å². The van der Waals surface area contributed by atoms with Gasteiger partial charge >= 0.3 is 221 Å². The molecule has 0 aromatic heterocycles. The van der Waals surface area contributed by atoms with E-state index in [4.69, 9.17) is 9.57 Å². The van der Waals surface area contributed by atoms with Crippen LogP contribution in [0.5, 0.6) is 5.75 Å². The molecule has 0 bridgehead atoms. The van der Waals surface area contributed by atoms with E-state index in [1.807, 2.05) is 0 Å². The van der Waals surface area contributed by atoms with Crippen LogP contribution in [-0.2, 0) is 33.5 Å². The van der Waals surface area contributed by atoms with Crippen molar-refractivity contribution in [3.63, 3.8) is 0 Å². The van der Waals surface area contributed by atoms with Gasteiger partial charge in [0.15, 0.2) is 0 Å². The maximum atomic E-state index is 15.8. The second kappa shape index (κ2) is 12.3. The van der Waals surface area contributed by atoms with Gasteiger partial charge in [0.25, 0.3) is 0 Å². The number of hydroxylamine groups is 2. The molecule has 3 aromatic carbocycles. The predicted octanol–water partition coefficient (Wildman–Crippen LogP) is 5.11. The van der Waals surface area contributed by atoms with Crippen molar-refractivity contribution >= 4 is 48.1 Å². The third-order valence-electron chi connectivity index (χ3n) is 5.73. The summed E-state index contributed by atoms with van der Waals surface area (Å²) in [5, 5.41) is 0.371. The average molecular weight is 727 g/mol. The van der Waals surface area contributed by atoms with Gasteiger partial charge in [-0.2, -0.15) is 0 Å². The summed E-state index contributed by atoms with van der Waals surface area (Å²) < 4.78 is 103. The van der Waals surface area contributed by atoms with Crippen molar-refractivity contribution in [3.8, 4) is 5.75 Å². The molecule has 4 rings (SSSR count). The number of rotatable bonds is 9. The molecule has 0 radical (unpaired) electrons. The Balaban J connectivity index is 1.64. The van der Waals surface area contributed by atoms with Crippen molar-refractivity contribution in [2.75, 3.05) is 7.11 Å². The number of halogens is 6. The van der Waals surface area contributed by atoms with Crippen LogP contribution in [0.1, 0.15) is 34.3 Å². The van der Waals surface area contributed by atoms with E-state index >= 15 is 8.78 Å². The number of carbonyl (C=O) groups is 3. The van der Waals surface area contributed by atoms with Crippen LogP contribution in [0.15, 0.2) is 60.7 Å². The van der Waals surface area contributed by atoms with Crippen LogP contribution in [0.3, 0.4) is 0 Å². The first-order chi connectivity index (χ1) is 19.7. The molecule has 224 valence electrons. The van der Waals surface area contributed by atoms with Crippen molar-refractivity contribution in [2.45, 2.75) is 24.8 Å². The van der Waals surface area contributed by atoms with Gasteiger partial charge < -0.3 is 0 Å². The first kappa shape index (κ1) is 31.3. The molecule has 2 amide bonds. The fourth-order valence-corrected chi connectivity index (χ4v) is 10.2. The van der Waals surface area contributed by atoms with Crippen LogP contribution in [-0.4, -0.2) is 43.9 Å². The second-order valence-corrected chi connectivity index (χ2v) is 14.9. The zero-order valence-corrected chi connectivity index (χ0v) is 24.3. The summed E-state index contributed by atoms with van der Waals surface area (Å²) in [4.78, 5) is 40.4. The molecule has 1 fully saturated rings. The van der Waals surface area contributed by atoms with Gasteiger partial charge in [0.1, 0.15) is 0 Å². The van der Waals surface area contributed by atoms with E-state index in [-0.39, 0.29) is 39.7 Å². The van der Waals surface area contributed by atoms with E-state index in [9.17, 15) is 36.0 Å². The third-order valence-corrected chi connectivity index (χ3v) is 12.9. The molecule has 0 aliphatic carbocycles. The molecule has 1 heterocycles. The van der Waals surface area contributed by atoms with Crippen LogP contribution in [0.25, 0.3) is 0 Å². The van der Waals surface area contributed by atoms with E-state index in [2.05, 4.69) is 2.51 Å². The van der Waals surface area contributed by atoms with Gasteiger partial charge in [-0.3, -0.25) is 9.59 Å². The molecule has 3 aromatic rings. The number of nitrogens with zero attached hydrogens (tertiary/aromatic N) is 1. The van der Waals surface area contributed by atoms with Crippen molar-refractivity contribution in [3.05, 3.63) is 96.1 Å². The zero-order chi connectivity index (χ0) is 30.8. The van der Waals surface area contributed by atoms with Crippen molar-refractivity contribution in [1.29, 1.82) is 0 Å². The Morgan fingerprint density at radius 3 is 2.07 bits per heavy atom. The van der Waals surface area contributed by atoms with Crippen LogP contribution in [0, 0.1) is 18.8 Å². The number of alkyl halides is 3. The molecule has 0 saturated carbocycles. The summed E-state index contributed by atoms with van der Waals surface area (Å²) in [6, 6.07) is 12.0. The number of amides is 2. The minimum atomic E-state index is -6.23. The Morgan fingerprint density at radius 1 is 0.929 bits per heavy atom. The first-order valence-corrected chi connectivity index (χ1v) is 16.2. The van der Waals surface area contributed by atoms with E-state index in [0.29, 0.717) is 10.6 Å². The standard InChI is InChI=1S/C26H19F5INO8S/c1-39-19-9-7-18(8-10-19)32(41-42(37,38)26(29,30)31)24-20(27)11-6-17(23(24)28)14-15-2-4-16(5-3-15)25(36)40-33-21(34)12-13-22(33)35/h2-11H,12-14H2,1H3. The van der Waals surface area contributed by atoms with Gasteiger partial charge in [-0.05, 0) is 0 Å². The van der Waals surface area contributed by atoms with E-state index < -0.39 is 68.8 Å². The normalized spacial score (nSPS) is 14.2. The molecule has 1 aliphatic heterocycles. The van der Waals surface area contributed by atoms with Gasteiger partial charge in [-0.1, -0.05) is 0 Å². The third kappa shape index (κ3) is 6.70. The van der Waals surface area contributed by atoms with E-state index in [1.54, 1.807) is 0 Å². The average Bonchev–Trinajstić information content (AvgIpc) is 3.26. The molecule has 1 aliphatic rings. The Kier molecular flexibility index (Phi) is 9.17. The molecule has 0 spiro atoms. The van der Waals surface area contributed by atoms with Crippen molar-refractivity contribution < 1.29 is 56.8 Å². The number of hydrogen-bond acceptors (Lipinski definition) is 8. The molecule has 9 nitrogen and oxygen atoms in total. The van der Waals surface area contributed by atoms with E-state index in [0.717, 1.165) is 12.1 Å². The van der Waals surface area contributed by atoms with Gasteiger partial charge in [-0.25, -0.2) is 0 Å². The van der Waals surface area contributed by atoms with Gasteiger partial charge in [-0.15, -0.1) is 0 Å². The summed E-state index contributed by atoms with van der Waals surface area (Å²) in [5.41, 5.74) is -5.72. The fourth-order valence-electron chi connectivity index (χ4n) is 3.61. The summed E-state index contributed by atoms with van der Waals surface area (Å²) >= 11 is -4.44. The molecule has 0 atom stereocenters. The Hall–Kier alpha value is -3.64. The Labute approximate surface area is 243 Å². The van der Waals surface area contributed by atoms with Crippen LogP contribution in [0.2, 0.25) is 0 Å². The fraction of sp³-hybridized carbons (Fsp3) is 0.192.